The van der Waals surface area contributed by atoms with E-state index in [9.17, 15) is 19.2 Å². The zero-order valence-corrected chi connectivity index (χ0v) is 14.8. The van der Waals surface area contributed by atoms with E-state index in [1.54, 1.807) is 4.90 Å². The second kappa shape index (κ2) is 7.71. The van der Waals surface area contributed by atoms with E-state index in [2.05, 4.69) is 4.84 Å². The molecule has 0 saturated carbocycles. The zero-order chi connectivity index (χ0) is 18.6. The fraction of sp³-hybridized carbons (Fsp3) is 0.750. The Hall–Kier alpha value is -2.32. The topological polar surface area (TPSA) is 102 Å². The highest BCUT2D eigenvalue weighted by Gasteiger charge is 2.34. The minimum Gasteiger partial charge on any atom is -0.444 e. The van der Waals surface area contributed by atoms with Crippen LogP contribution in [0.4, 0.5) is 9.59 Å². The summed E-state index contributed by atoms with van der Waals surface area (Å²) in [7, 11) is 0. The summed E-state index contributed by atoms with van der Waals surface area (Å²) in [5.74, 6) is -1.02. The van der Waals surface area contributed by atoms with Crippen molar-refractivity contribution in [3.63, 3.8) is 0 Å². The fourth-order valence-electron chi connectivity index (χ4n) is 2.55. The van der Waals surface area contributed by atoms with Gasteiger partial charge in [-0.3, -0.25) is 14.4 Å². The van der Waals surface area contributed by atoms with Crippen molar-refractivity contribution in [3.05, 3.63) is 0 Å². The maximum Gasteiger partial charge on any atom is 0.533 e. The van der Waals surface area contributed by atoms with Crippen LogP contribution in [0.1, 0.15) is 46.5 Å². The number of amides is 3. The standard InChI is InChI=1S/C16H24N2O7/c1-16(2,3)24-14(21)17-8-6-11(7-9-17)10-23-15(22)25-18-12(19)4-5-13(18)20/h11H,4-10H2,1-3H3. The van der Waals surface area contributed by atoms with Gasteiger partial charge in [-0.05, 0) is 39.5 Å². The molecule has 0 aromatic carbocycles. The summed E-state index contributed by atoms with van der Waals surface area (Å²) in [6.45, 7) is 6.58. The molecule has 9 nitrogen and oxygen atoms in total. The molecule has 0 radical (unpaired) electrons. The van der Waals surface area contributed by atoms with E-state index in [1.165, 1.54) is 0 Å². The predicted molar refractivity (Wildman–Crippen MR) is 84.1 cm³/mol. The molecule has 2 fully saturated rings. The second-order valence-electron chi connectivity index (χ2n) is 7.14. The first kappa shape index (κ1) is 19.0. The molecule has 0 bridgehead atoms. The number of hydroxylamine groups is 2. The van der Waals surface area contributed by atoms with Crippen molar-refractivity contribution >= 4 is 24.1 Å². The Labute approximate surface area is 146 Å². The molecular formula is C16H24N2O7. The van der Waals surface area contributed by atoms with E-state index in [4.69, 9.17) is 9.47 Å². The molecule has 2 saturated heterocycles. The molecular weight excluding hydrogens is 332 g/mol. The maximum atomic E-state index is 12.0. The van der Waals surface area contributed by atoms with Crippen LogP contribution in [-0.4, -0.2) is 59.3 Å². The monoisotopic (exact) mass is 356 g/mol. The van der Waals surface area contributed by atoms with Crippen molar-refractivity contribution in [2.45, 2.75) is 52.1 Å². The Balaban J connectivity index is 1.68. The van der Waals surface area contributed by atoms with Gasteiger partial charge in [-0.1, -0.05) is 5.06 Å². The molecule has 140 valence electrons. The predicted octanol–water partition coefficient (Wildman–Crippen LogP) is 1.85. The quantitative estimate of drug-likeness (QED) is 0.561. The van der Waals surface area contributed by atoms with Crippen molar-refractivity contribution in [3.8, 4) is 0 Å². The van der Waals surface area contributed by atoms with Gasteiger partial charge in [0.1, 0.15) is 5.60 Å². The normalized spacial score (nSPS) is 19.2. The molecule has 0 aliphatic carbocycles. The molecule has 0 aromatic heterocycles. The van der Waals surface area contributed by atoms with E-state index < -0.39 is 23.6 Å². The number of carbonyl (C=O) groups excluding carboxylic acids is 4. The van der Waals surface area contributed by atoms with Crippen molar-refractivity contribution < 1.29 is 33.5 Å². The van der Waals surface area contributed by atoms with Crippen LogP contribution in [0.3, 0.4) is 0 Å². The van der Waals surface area contributed by atoms with E-state index in [0.717, 1.165) is 0 Å². The van der Waals surface area contributed by atoms with Crippen LogP contribution in [0.5, 0.6) is 0 Å². The molecule has 0 spiro atoms. The number of hydrogen-bond acceptors (Lipinski definition) is 7. The average molecular weight is 356 g/mol. The van der Waals surface area contributed by atoms with Gasteiger partial charge in [0.25, 0.3) is 11.8 Å². The Bertz CT molecular complexity index is 531. The van der Waals surface area contributed by atoms with Crippen molar-refractivity contribution in [2.75, 3.05) is 19.7 Å². The third-order valence-corrected chi connectivity index (χ3v) is 3.87. The summed E-state index contributed by atoms with van der Waals surface area (Å²) < 4.78 is 10.3. The van der Waals surface area contributed by atoms with Gasteiger partial charge in [0, 0.05) is 25.9 Å². The molecule has 9 heteroatoms. The molecule has 0 N–H and O–H groups in total. The number of imide groups is 1. The highest BCUT2D eigenvalue weighted by Crippen LogP contribution is 2.20. The lowest BCUT2D eigenvalue weighted by molar-refractivity contribution is -0.177. The largest absolute Gasteiger partial charge is 0.533 e. The van der Waals surface area contributed by atoms with Crippen LogP contribution < -0.4 is 0 Å². The first-order valence-electron chi connectivity index (χ1n) is 8.34. The molecule has 2 heterocycles. The smallest absolute Gasteiger partial charge is 0.444 e. The summed E-state index contributed by atoms with van der Waals surface area (Å²) in [6.07, 6.45) is -0.0253. The Morgan fingerprint density at radius 3 is 2.16 bits per heavy atom. The van der Waals surface area contributed by atoms with E-state index in [0.29, 0.717) is 31.0 Å². The van der Waals surface area contributed by atoms with Gasteiger partial charge in [0.2, 0.25) is 0 Å². The van der Waals surface area contributed by atoms with E-state index in [1.807, 2.05) is 20.8 Å². The molecule has 3 amide bonds. The third-order valence-electron chi connectivity index (χ3n) is 3.87. The summed E-state index contributed by atoms with van der Waals surface area (Å²) in [5.41, 5.74) is -0.536. The van der Waals surface area contributed by atoms with Crippen LogP contribution in [0, 0.1) is 5.92 Å². The van der Waals surface area contributed by atoms with Gasteiger partial charge in [0.05, 0.1) is 6.61 Å². The van der Waals surface area contributed by atoms with E-state index in [-0.39, 0.29) is 31.5 Å². The van der Waals surface area contributed by atoms with Gasteiger partial charge < -0.3 is 14.4 Å². The fourth-order valence-corrected chi connectivity index (χ4v) is 2.55. The number of hydrogen-bond donors (Lipinski definition) is 0. The molecule has 25 heavy (non-hydrogen) atoms. The number of ether oxygens (including phenoxy) is 2. The van der Waals surface area contributed by atoms with Gasteiger partial charge in [-0.2, -0.15) is 0 Å². The van der Waals surface area contributed by atoms with Crippen molar-refractivity contribution in [1.29, 1.82) is 0 Å². The van der Waals surface area contributed by atoms with Crippen LogP contribution in [-0.2, 0) is 23.9 Å². The lowest BCUT2D eigenvalue weighted by Crippen LogP contribution is -2.42. The Kier molecular flexibility index (Phi) is 5.86. The SMILES string of the molecule is CC(C)(C)OC(=O)N1CCC(COC(=O)ON2C(=O)CCC2=O)CC1. The molecule has 0 unspecified atom stereocenters. The lowest BCUT2D eigenvalue weighted by atomic mass is 9.98. The summed E-state index contributed by atoms with van der Waals surface area (Å²) in [4.78, 5) is 52.5. The summed E-state index contributed by atoms with van der Waals surface area (Å²) in [5, 5.41) is 0.452. The number of piperidine rings is 1. The highest BCUT2D eigenvalue weighted by molar-refractivity contribution is 6.01. The minimum atomic E-state index is -1.07. The molecule has 0 atom stereocenters. The van der Waals surface area contributed by atoms with E-state index >= 15 is 0 Å². The average Bonchev–Trinajstić information content (AvgIpc) is 2.83. The molecule has 0 aromatic rings. The molecule has 2 aliphatic heterocycles. The number of carbonyl (C=O) groups is 4. The summed E-state index contributed by atoms with van der Waals surface area (Å²) >= 11 is 0. The lowest BCUT2D eigenvalue weighted by Gasteiger charge is -2.33. The van der Waals surface area contributed by atoms with Gasteiger partial charge in [-0.15, -0.1) is 0 Å². The molecule has 2 rings (SSSR count). The number of likely N-dealkylation sites (tertiary alicyclic amines) is 1. The van der Waals surface area contributed by atoms with Crippen LogP contribution in [0.25, 0.3) is 0 Å². The van der Waals surface area contributed by atoms with Gasteiger partial charge in [0.15, 0.2) is 0 Å². The van der Waals surface area contributed by atoms with Gasteiger partial charge >= 0.3 is 12.2 Å². The van der Waals surface area contributed by atoms with Crippen LogP contribution >= 0.6 is 0 Å². The van der Waals surface area contributed by atoms with Crippen molar-refractivity contribution in [1.82, 2.24) is 9.96 Å². The third kappa shape index (κ3) is 5.61. The van der Waals surface area contributed by atoms with Gasteiger partial charge in [-0.25, -0.2) is 9.59 Å². The number of rotatable bonds is 3. The maximum absolute atomic E-state index is 12.0. The second-order valence-corrected chi connectivity index (χ2v) is 7.14. The Morgan fingerprint density at radius 1 is 1.08 bits per heavy atom. The van der Waals surface area contributed by atoms with Crippen molar-refractivity contribution in [2.24, 2.45) is 5.92 Å². The number of nitrogens with zero attached hydrogens (tertiary/aromatic N) is 2. The van der Waals surface area contributed by atoms with Crippen LogP contribution in [0.15, 0.2) is 0 Å². The van der Waals surface area contributed by atoms with Crippen LogP contribution in [0.2, 0.25) is 0 Å². The Morgan fingerprint density at radius 2 is 1.64 bits per heavy atom. The first-order chi connectivity index (χ1) is 11.7. The zero-order valence-electron chi connectivity index (χ0n) is 14.8. The molecule has 2 aliphatic rings. The first-order valence-corrected chi connectivity index (χ1v) is 8.34. The minimum absolute atomic E-state index is 0.0369. The summed E-state index contributed by atoms with van der Waals surface area (Å²) in [6, 6.07) is 0. The highest BCUT2D eigenvalue weighted by atomic mass is 16.8.